The van der Waals surface area contributed by atoms with E-state index in [4.69, 9.17) is 10.8 Å². The molecule has 0 saturated heterocycles. The van der Waals surface area contributed by atoms with Gasteiger partial charge in [0, 0.05) is 56.1 Å². The summed E-state index contributed by atoms with van der Waals surface area (Å²) < 4.78 is 0. The minimum absolute atomic E-state index is 0.00206. The zero-order valence-corrected chi connectivity index (χ0v) is 31.4. The number of aromatic nitrogens is 1. The van der Waals surface area contributed by atoms with Crippen LogP contribution in [0.4, 0.5) is 5.13 Å². The van der Waals surface area contributed by atoms with E-state index in [0.29, 0.717) is 15.6 Å². The first-order valence-electron chi connectivity index (χ1n) is 17.3. The number of nitrogens with one attached hydrogen (secondary N) is 4. The van der Waals surface area contributed by atoms with E-state index < -0.39 is 76.9 Å². The number of hydrogen-bond donors (Lipinski definition) is 7. The Labute approximate surface area is 312 Å². The third-order valence-electron chi connectivity index (χ3n) is 8.46. The first-order chi connectivity index (χ1) is 24.9. The number of phenols is 1. The highest BCUT2D eigenvalue weighted by Crippen LogP contribution is 2.18. The molecule has 53 heavy (non-hydrogen) atoms. The highest BCUT2D eigenvalue weighted by Gasteiger charge is 2.28. The van der Waals surface area contributed by atoms with Crippen molar-refractivity contribution >= 4 is 63.2 Å². The van der Waals surface area contributed by atoms with Gasteiger partial charge < -0.3 is 37.2 Å². The molecule has 6 atom stereocenters. The highest BCUT2D eigenvalue weighted by molar-refractivity contribution is 7.15. The number of rotatable bonds is 24. The van der Waals surface area contributed by atoms with Crippen molar-refractivity contribution < 1.29 is 48.6 Å². The molecule has 0 spiro atoms. The van der Waals surface area contributed by atoms with E-state index in [1.165, 1.54) is 57.4 Å². The van der Waals surface area contributed by atoms with Gasteiger partial charge in [-0.1, -0.05) is 44.2 Å². The monoisotopic (exact) mass is 758 g/mol. The molecule has 1 heterocycles. The van der Waals surface area contributed by atoms with Crippen molar-refractivity contribution in [1.82, 2.24) is 20.9 Å². The molecule has 0 aliphatic heterocycles. The lowest BCUT2D eigenvalue weighted by atomic mass is 9.96. The summed E-state index contributed by atoms with van der Waals surface area (Å²) in [6.07, 6.45) is 0.438. The number of aliphatic hydroxyl groups is 1. The van der Waals surface area contributed by atoms with Crippen LogP contribution in [0, 0.1) is 17.8 Å². The number of primary amides is 1. The Balaban J connectivity index is 1.93. The maximum Gasteiger partial charge on any atom is 0.223 e. The molecule has 4 amide bonds. The molecule has 0 saturated carbocycles. The zero-order valence-electron chi connectivity index (χ0n) is 30.6. The summed E-state index contributed by atoms with van der Waals surface area (Å²) >= 11 is 1.20. The highest BCUT2D eigenvalue weighted by atomic mass is 32.1. The van der Waals surface area contributed by atoms with Crippen molar-refractivity contribution in [2.45, 2.75) is 97.9 Å². The predicted octanol–water partition coefficient (Wildman–Crippen LogP) is 1.11. The second-order valence-corrected chi connectivity index (χ2v) is 14.4. The van der Waals surface area contributed by atoms with E-state index in [9.17, 15) is 43.5 Å². The van der Waals surface area contributed by atoms with Crippen molar-refractivity contribution in [3.63, 3.8) is 0 Å². The van der Waals surface area contributed by atoms with Gasteiger partial charge in [-0.3, -0.25) is 38.4 Å². The molecular formula is C36H50N6O10S. The molecule has 0 bridgehead atoms. The summed E-state index contributed by atoms with van der Waals surface area (Å²) in [5, 5.41) is 29.9. The Bertz CT molecular complexity index is 1630. The normalized spacial score (nSPS) is 14.4. The summed E-state index contributed by atoms with van der Waals surface area (Å²) in [6.45, 7) is 7.24. The lowest BCUT2D eigenvalue weighted by Crippen LogP contribution is -2.46. The summed E-state index contributed by atoms with van der Waals surface area (Å²) in [4.78, 5) is 106. The van der Waals surface area contributed by atoms with Crippen LogP contribution < -0.4 is 27.0 Å². The van der Waals surface area contributed by atoms with Gasteiger partial charge in [0.25, 0.3) is 0 Å². The Morgan fingerprint density at radius 3 is 1.91 bits per heavy atom. The Morgan fingerprint density at radius 2 is 1.32 bits per heavy atom. The van der Waals surface area contributed by atoms with Crippen molar-refractivity contribution in [2.24, 2.45) is 23.5 Å². The number of phenolic OH excluding ortho intramolecular Hbond substituents is 1. The van der Waals surface area contributed by atoms with E-state index in [1.54, 1.807) is 19.1 Å². The fourth-order valence-corrected chi connectivity index (χ4v) is 5.63. The molecule has 0 fully saturated rings. The molecule has 2 aromatic rings. The minimum Gasteiger partial charge on any atom is -0.508 e. The molecule has 0 aliphatic rings. The second kappa shape index (κ2) is 21.5. The van der Waals surface area contributed by atoms with E-state index in [2.05, 4.69) is 26.3 Å². The second-order valence-electron chi connectivity index (χ2n) is 13.3. The van der Waals surface area contributed by atoms with Gasteiger partial charge in [-0.25, -0.2) is 4.98 Å². The van der Waals surface area contributed by atoms with Gasteiger partial charge in [0.15, 0.2) is 28.3 Å². The quantitative estimate of drug-likeness (QED) is 0.0794. The molecule has 8 N–H and O–H groups in total. The van der Waals surface area contributed by atoms with E-state index >= 15 is 0 Å². The van der Waals surface area contributed by atoms with Crippen LogP contribution in [-0.2, 0) is 51.4 Å². The Morgan fingerprint density at radius 1 is 0.755 bits per heavy atom. The average molecular weight is 759 g/mol. The summed E-state index contributed by atoms with van der Waals surface area (Å²) in [5.74, 6) is -6.29. The first-order valence-corrected chi connectivity index (χ1v) is 18.1. The Hall–Kier alpha value is -5.03. The van der Waals surface area contributed by atoms with Crippen LogP contribution in [0.2, 0.25) is 0 Å². The fraction of sp³-hybridized carbons (Fsp3) is 0.528. The Kier molecular flexibility index (Phi) is 17.9. The zero-order chi connectivity index (χ0) is 39.8. The van der Waals surface area contributed by atoms with Crippen LogP contribution in [0.15, 0.2) is 30.5 Å². The number of nitrogens with two attached hydrogens (primary N) is 1. The number of carbonyl (C=O) groups is 8. The van der Waals surface area contributed by atoms with Crippen LogP contribution in [0.1, 0.15) is 77.2 Å². The van der Waals surface area contributed by atoms with Crippen LogP contribution in [-0.4, -0.2) is 86.6 Å². The third-order valence-corrected chi connectivity index (χ3v) is 9.40. The molecule has 290 valence electrons. The fourth-order valence-electron chi connectivity index (χ4n) is 4.96. The predicted molar refractivity (Wildman–Crippen MR) is 195 cm³/mol. The topological polar surface area (TPSA) is 264 Å². The molecule has 0 aliphatic carbocycles. The van der Waals surface area contributed by atoms with Crippen molar-refractivity contribution in [2.75, 3.05) is 11.9 Å². The van der Waals surface area contributed by atoms with E-state index in [1.807, 2.05) is 0 Å². The number of amides is 4. The first kappa shape index (κ1) is 44.1. The number of carbonyl (C=O) groups excluding carboxylic acids is 8. The molecular weight excluding hydrogens is 708 g/mol. The number of Topliss-reactive ketones (excluding diaryl/α,β-unsaturated/α-hetero) is 4. The molecule has 1 aromatic carbocycles. The standard InChI is InChI=1S/C36H50N6O10S/c1-19(33(37)50)13-30(47)22(4)40-32(49)11-10-29(46)28(15-24-6-8-25(44)9-7-24)42-35(52)21(3)14-31(48)23(5)41-34(51)20(2)12-26(45)16-38-36-39-17-27(18-43)53-36/h6-9,17,19-23,28,43-44H,10-16,18H2,1-5H3,(H2,37,50)(H,38,39)(H,40,49)(H,41,51)(H,42,52)/t19-,20-,21-,22+,23+,28+/m1/s1. The van der Waals surface area contributed by atoms with Gasteiger partial charge in [0.2, 0.25) is 23.6 Å². The molecule has 16 nitrogen and oxygen atoms in total. The summed E-state index contributed by atoms with van der Waals surface area (Å²) in [6, 6.07) is 3.02. The number of anilines is 1. The van der Waals surface area contributed by atoms with Gasteiger partial charge in [-0.05, 0) is 38.0 Å². The van der Waals surface area contributed by atoms with Gasteiger partial charge in [0.05, 0.1) is 36.2 Å². The number of aliphatic hydroxyl groups excluding tert-OH is 1. The lowest BCUT2D eigenvalue weighted by Gasteiger charge is -2.22. The number of aromatic hydroxyl groups is 1. The number of nitrogens with zero attached hydrogens (tertiary/aromatic N) is 1. The maximum atomic E-state index is 13.3. The van der Waals surface area contributed by atoms with Crippen molar-refractivity contribution in [3.05, 3.63) is 40.9 Å². The third kappa shape index (κ3) is 15.6. The van der Waals surface area contributed by atoms with Crippen molar-refractivity contribution in [1.29, 1.82) is 0 Å². The smallest absolute Gasteiger partial charge is 0.223 e. The van der Waals surface area contributed by atoms with Crippen LogP contribution in [0.25, 0.3) is 0 Å². The van der Waals surface area contributed by atoms with E-state index in [0.717, 1.165) is 0 Å². The number of thiazole rings is 1. The summed E-state index contributed by atoms with van der Waals surface area (Å²) in [5.41, 5.74) is 5.81. The largest absolute Gasteiger partial charge is 0.508 e. The average Bonchev–Trinajstić information content (AvgIpc) is 3.58. The van der Waals surface area contributed by atoms with Crippen LogP contribution in [0.5, 0.6) is 5.75 Å². The maximum absolute atomic E-state index is 13.3. The van der Waals surface area contributed by atoms with Gasteiger partial charge >= 0.3 is 0 Å². The van der Waals surface area contributed by atoms with Gasteiger partial charge in [-0.2, -0.15) is 0 Å². The number of hydrogen-bond acceptors (Lipinski definition) is 13. The van der Waals surface area contributed by atoms with Gasteiger partial charge in [-0.15, -0.1) is 0 Å². The molecule has 0 radical (unpaired) electrons. The number of ketones is 4. The van der Waals surface area contributed by atoms with Gasteiger partial charge in [0.1, 0.15) is 5.75 Å². The number of benzene rings is 1. The van der Waals surface area contributed by atoms with Crippen LogP contribution >= 0.6 is 11.3 Å². The SMILES string of the molecule is C[C@H](CC(=O)[C@H](C)NC(=O)CCC(=O)[C@H](Cc1ccc(O)cc1)NC(=O)[C@H](C)CC(=O)[C@H](C)NC(=O)[C@H](C)CC(=O)CNc1ncc(CO)s1)C(N)=O. The molecule has 17 heteroatoms. The molecule has 2 rings (SSSR count). The summed E-state index contributed by atoms with van der Waals surface area (Å²) in [7, 11) is 0. The minimum atomic E-state index is -1.09. The molecule has 0 unspecified atom stereocenters. The molecule has 1 aromatic heterocycles. The van der Waals surface area contributed by atoms with Crippen LogP contribution in [0.3, 0.4) is 0 Å². The lowest BCUT2D eigenvalue weighted by molar-refractivity contribution is -0.134. The van der Waals surface area contributed by atoms with Crippen molar-refractivity contribution in [3.8, 4) is 5.75 Å². The van der Waals surface area contributed by atoms with E-state index in [-0.39, 0.29) is 63.2 Å².